The lowest BCUT2D eigenvalue weighted by Gasteiger charge is -2.11. The molecule has 8 heteroatoms. The minimum Gasteiger partial charge on any atom is -0.493 e. The van der Waals surface area contributed by atoms with Crippen LogP contribution in [0.1, 0.15) is 11.4 Å². The first-order valence-corrected chi connectivity index (χ1v) is 7.24. The summed E-state index contributed by atoms with van der Waals surface area (Å²) in [6, 6.07) is 6.77. The molecule has 0 bridgehead atoms. The molecule has 0 aliphatic carbocycles. The second kappa shape index (κ2) is 8.56. The molecule has 1 aromatic carbocycles. The van der Waals surface area contributed by atoms with Gasteiger partial charge in [0, 0.05) is 18.8 Å². The molecular weight excluding hydrogens is 312 g/mol. The quantitative estimate of drug-likeness (QED) is 0.798. The molecule has 2 rings (SSSR count). The Bertz CT molecular complexity index is 694. The van der Waals surface area contributed by atoms with Crippen molar-refractivity contribution in [1.82, 2.24) is 20.6 Å². The number of hydrogen-bond acceptors (Lipinski definition) is 6. The number of amides is 2. The molecule has 0 unspecified atom stereocenters. The molecule has 1 heterocycles. The van der Waals surface area contributed by atoms with E-state index in [0.29, 0.717) is 29.7 Å². The predicted octanol–water partition coefficient (Wildman–Crippen LogP) is 1.50. The van der Waals surface area contributed by atoms with Gasteiger partial charge in [0.2, 0.25) is 5.88 Å². The van der Waals surface area contributed by atoms with E-state index in [4.69, 9.17) is 14.2 Å². The lowest BCUT2D eigenvalue weighted by atomic mass is 10.2. The number of nitrogens with zero attached hydrogens (tertiary/aromatic N) is 2. The number of hydrogen-bond donors (Lipinski definition) is 2. The van der Waals surface area contributed by atoms with Gasteiger partial charge in [-0.2, -0.15) is 4.98 Å². The summed E-state index contributed by atoms with van der Waals surface area (Å²) in [6.07, 6.45) is 1.57. The van der Waals surface area contributed by atoms with E-state index in [0.717, 1.165) is 5.56 Å². The molecular formula is C16H20N4O4. The smallest absolute Gasteiger partial charge is 0.315 e. The number of urea groups is 1. The van der Waals surface area contributed by atoms with Crippen LogP contribution in [-0.4, -0.2) is 37.3 Å². The molecule has 0 radical (unpaired) electrons. The van der Waals surface area contributed by atoms with Crippen LogP contribution in [0.3, 0.4) is 0 Å². The zero-order valence-corrected chi connectivity index (χ0v) is 13.8. The molecule has 2 N–H and O–H groups in total. The van der Waals surface area contributed by atoms with Crippen molar-refractivity contribution in [3.63, 3.8) is 0 Å². The molecule has 0 atom stereocenters. The molecule has 128 valence electrons. The second-order valence-corrected chi connectivity index (χ2v) is 4.74. The Kier molecular flexibility index (Phi) is 6.18. The van der Waals surface area contributed by atoms with Crippen molar-refractivity contribution in [3.05, 3.63) is 41.9 Å². The van der Waals surface area contributed by atoms with E-state index in [2.05, 4.69) is 20.6 Å². The molecule has 0 saturated carbocycles. The van der Waals surface area contributed by atoms with Gasteiger partial charge in [0.25, 0.3) is 0 Å². The minimum absolute atomic E-state index is 0.203. The van der Waals surface area contributed by atoms with E-state index in [9.17, 15) is 4.79 Å². The fraction of sp³-hybridized carbons (Fsp3) is 0.312. The van der Waals surface area contributed by atoms with Crippen LogP contribution in [0, 0.1) is 0 Å². The van der Waals surface area contributed by atoms with Crippen LogP contribution in [0.2, 0.25) is 0 Å². The van der Waals surface area contributed by atoms with E-state index in [1.54, 1.807) is 32.5 Å². The van der Waals surface area contributed by atoms with Crippen LogP contribution in [0.25, 0.3) is 0 Å². The van der Waals surface area contributed by atoms with E-state index in [1.165, 1.54) is 7.11 Å². The maximum atomic E-state index is 11.9. The maximum absolute atomic E-state index is 11.9. The summed E-state index contributed by atoms with van der Waals surface area (Å²) in [7, 11) is 4.66. The summed E-state index contributed by atoms with van der Waals surface area (Å²) in [6.45, 7) is 0.556. The van der Waals surface area contributed by atoms with E-state index < -0.39 is 0 Å². The summed E-state index contributed by atoms with van der Waals surface area (Å²) >= 11 is 0. The van der Waals surface area contributed by atoms with Gasteiger partial charge in [-0.05, 0) is 17.7 Å². The van der Waals surface area contributed by atoms with Gasteiger partial charge in [0.05, 0.1) is 27.9 Å². The van der Waals surface area contributed by atoms with Gasteiger partial charge in [0.15, 0.2) is 17.3 Å². The van der Waals surface area contributed by atoms with Crippen molar-refractivity contribution in [3.8, 4) is 17.4 Å². The number of rotatable bonds is 7. The molecule has 0 saturated heterocycles. The standard InChI is InChI=1S/C16H20N4O4/c1-22-12-5-4-11(8-13(12)23-2)9-18-16(21)19-10-14-17-7-6-15(20-14)24-3/h4-8H,9-10H2,1-3H3,(H2,18,19,21). The number of benzene rings is 1. The number of nitrogens with one attached hydrogen (secondary N) is 2. The third kappa shape index (κ3) is 4.73. The van der Waals surface area contributed by atoms with Gasteiger partial charge >= 0.3 is 6.03 Å². The van der Waals surface area contributed by atoms with Gasteiger partial charge in [-0.3, -0.25) is 0 Å². The summed E-state index contributed by atoms with van der Waals surface area (Å²) in [5.41, 5.74) is 0.889. The van der Waals surface area contributed by atoms with Crippen LogP contribution in [-0.2, 0) is 13.1 Å². The predicted molar refractivity (Wildman–Crippen MR) is 87.2 cm³/mol. The van der Waals surface area contributed by atoms with Crippen LogP contribution < -0.4 is 24.8 Å². The van der Waals surface area contributed by atoms with Crippen molar-refractivity contribution in [1.29, 1.82) is 0 Å². The Balaban J connectivity index is 1.84. The number of ether oxygens (including phenoxy) is 3. The number of aromatic nitrogens is 2. The van der Waals surface area contributed by atoms with E-state index in [1.807, 2.05) is 12.1 Å². The Labute approximate surface area is 140 Å². The molecule has 1 aromatic heterocycles. The topological polar surface area (TPSA) is 94.6 Å². The molecule has 0 aliphatic heterocycles. The fourth-order valence-electron chi connectivity index (χ4n) is 1.97. The highest BCUT2D eigenvalue weighted by atomic mass is 16.5. The first kappa shape index (κ1) is 17.3. The van der Waals surface area contributed by atoms with Crippen LogP contribution >= 0.6 is 0 Å². The largest absolute Gasteiger partial charge is 0.493 e. The second-order valence-electron chi connectivity index (χ2n) is 4.74. The zero-order chi connectivity index (χ0) is 17.4. The molecule has 8 nitrogen and oxygen atoms in total. The van der Waals surface area contributed by atoms with Gasteiger partial charge in [0.1, 0.15) is 0 Å². The number of carbonyl (C=O) groups excluding carboxylic acids is 1. The fourth-order valence-corrected chi connectivity index (χ4v) is 1.97. The van der Waals surface area contributed by atoms with Gasteiger partial charge in [-0.25, -0.2) is 9.78 Å². The molecule has 2 amide bonds. The Morgan fingerprint density at radius 3 is 2.46 bits per heavy atom. The Morgan fingerprint density at radius 1 is 1.00 bits per heavy atom. The monoisotopic (exact) mass is 332 g/mol. The number of carbonyl (C=O) groups is 1. The van der Waals surface area contributed by atoms with Crippen molar-refractivity contribution in [2.24, 2.45) is 0 Å². The van der Waals surface area contributed by atoms with E-state index in [-0.39, 0.29) is 12.6 Å². The third-order valence-corrected chi connectivity index (χ3v) is 3.20. The SMILES string of the molecule is COc1ccnc(CNC(=O)NCc2ccc(OC)c(OC)c2)n1. The number of methoxy groups -OCH3 is 3. The van der Waals surface area contributed by atoms with Crippen LogP contribution in [0.4, 0.5) is 4.79 Å². The highest BCUT2D eigenvalue weighted by molar-refractivity contribution is 5.73. The lowest BCUT2D eigenvalue weighted by molar-refractivity contribution is 0.239. The van der Waals surface area contributed by atoms with Crippen LogP contribution in [0.5, 0.6) is 17.4 Å². The highest BCUT2D eigenvalue weighted by Gasteiger charge is 2.07. The van der Waals surface area contributed by atoms with Crippen molar-refractivity contribution in [2.75, 3.05) is 21.3 Å². The normalized spacial score (nSPS) is 9.96. The zero-order valence-electron chi connectivity index (χ0n) is 13.8. The average Bonchev–Trinajstić information content (AvgIpc) is 2.64. The van der Waals surface area contributed by atoms with Gasteiger partial charge in [-0.1, -0.05) is 6.07 Å². The summed E-state index contributed by atoms with van der Waals surface area (Å²) in [5.74, 6) is 2.17. The molecule has 24 heavy (non-hydrogen) atoms. The maximum Gasteiger partial charge on any atom is 0.315 e. The molecule has 0 fully saturated rings. The summed E-state index contributed by atoms with van der Waals surface area (Å²) in [5, 5.41) is 5.44. The first-order valence-electron chi connectivity index (χ1n) is 7.24. The van der Waals surface area contributed by atoms with Crippen molar-refractivity contribution in [2.45, 2.75) is 13.1 Å². The lowest BCUT2D eigenvalue weighted by Crippen LogP contribution is -2.35. The summed E-state index contributed by atoms with van der Waals surface area (Å²) < 4.78 is 15.4. The molecule has 0 aliphatic rings. The molecule has 2 aromatic rings. The Hall–Kier alpha value is -3.03. The van der Waals surface area contributed by atoms with Crippen molar-refractivity contribution < 1.29 is 19.0 Å². The first-order chi connectivity index (χ1) is 11.7. The van der Waals surface area contributed by atoms with Gasteiger partial charge < -0.3 is 24.8 Å². The molecule has 0 spiro atoms. The minimum atomic E-state index is -0.323. The van der Waals surface area contributed by atoms with Gasteiger partial charge in [-0.15, -0.1) is 0 Å². The Morgan fingerprint density at radius 2 is 1.75 bits per heavy atom. The average molecular weight is 332 g/mol. The van der Waals surface area contributed by atoms with Crippen LogP contribution in [0.15, 0.2) is 30.5 Å². The summed E-state index contributed by atoms with van der Waals surface area (Å²) in [4.78, 5) is 20.0. The third-order valence-electron chi connectivity index (χ3n) is 3.20. The highest BCUT2D eigenvalue weighted by Crippen LogP contribution is 2.27. The van der Waals surface area contributed by atoms with E-state index >= 15 is 0 Å². The van der Waals surface area contributed by atoms with Crippen molar-refractivity contribution >= 4 is 6.03 Å².